The summed E-state index contributed by atoms with van der Waals surface area (Å²) in [5, 5.41) is 0. The van der Waals surface area contributed by atoms with Gasteiger partial charge in [-0.2, -0.15) is 0 Å². The van der Waals surface area contributed by atoms with E-state index in [4.69, 9.17) is 0 Å². The first kappa shape index (κ1) is 43.3. The van der Waals surface area contributed by atoms with Crippen LogP contribution in [0, 0.1) is 0 Å². The van der Waals surface area contributed by atoms with Gasteiger partial charge in [0.1, 0.15) is 0 Å². The second-order valence-corrected chi connectivity index (χ2v) is 19.0. The minimum Gasteiger partial charge on any atom is -0.311 e. The van der Waals surface area contributed by atoms with Gasteiger partial charge in [-0.05, 0) is 157 Å². The van der Waals surface area contributed by atoms with Gasteiger partial charge in [0.25, 0.3) is 0 Å². The van der Waals surface area contributed by atoms with Gasteiger partial charge < -0.3 is 9.80 Å². The average Bonchev–Trinajstić information content (AvgIpc) is 3.67. The Morgan fingerprint density at radius 2 is 0.451 bits per heavy atom. The van der Waals surface area contributed by atoms with E-state index in [1.807, 2.05) is 0 Å². The molecule has 338 valence electrons. The maximum absolute atomic E-state index is 2.42. The van der Waals surface area contributed by atoms with E-state index in [1.165, 1.54) is 77.9 Å². The monoisotopic (exact) mass is 908 g/mol. The van der Waals surface area contributed by atoms with Crippen molar-refractivity contribution in [2.45, 2.75) is 19.3 Å². The summed E-state index contributed by atoms with van der Waals surface area (Å²) >= 11 is 0. The Hall–Kier alpha value is -8.98. The molecule has 2 heteroatoms. The van der Waals surface area contributed by atoms with E-state index in [0.29, 0.717) is 0 Å². The molecule has 0 heterocycles. The second kappa shape index (κ2) is 18.5. The van der Waals surface area contributed by atoms with Gasteiger partial charge in [0, 0.05) is 39.5 Å². The highest BCUT2D eigenvalue weighted by atomic mass is 15.1. The summed E-state index contributed by atoms with van der Waals surface area (Å²) in [6.45, 7) is 4.75. The van der Waals surface area contributed by atoms with Crippen LogP contribution in [0.15, 0.2) is 279 Å². The van der Waals surface area contributed by atoms with Gasteiger partial charge in [-0.1, -0.05) is 214 Å². The van der Waals surface area contributed by atoms with Crippen molar-refractivity contribution in [1.82, 2.24) is 0 Å². The van der Waals surface area contributed by atoms with Crippen LogP contribution in [0.3, 0.4) is 0 Å². The van der Waals surface area contributed by atoms with Crippen molar-refractivity contribution in [2.75, 3.05) is 9.80 Å². The first-order chi connectivity index (χ1) is 34.9. The highest BCUT2D eigenvalue weighted by molar-refractivity contribution is 5.88. The van der Waals surface area contributed by atoms with Crippen molar-refractivity contribution in [2.24, 2.45) is 0 Å². The minimum atomic E-state index is -0.213. The van der Waals surface area contributed by atoms with E-state index in [1.54, 1.807) is 0 Å². The molecule has 0 amide bonds. The summed E-state index contributed by atoms with van der Waals surface area (Å²) in [5.74, 6) is 0. The van der Waals surface area contributed by atoms with Crippen molar-refractivity contribution in [3.8, 4) is 66.8 Å². The second-order valence-electron chi connectivity index (χ2n) is 19.0. The zero-order valence-corrected chi connectivity index (χ0v) is 40.0. The first-order valence-corrected chi connectivity index (χ1v) is 24.6. The van der Waals surface area contributed by atoms with E-state index in [0.717, 1.165) is 34.1 Å². The molecule has 0 spiro atoms. The molecule has 2 nitrogen and oxygen atoms in total. The zero-order valence-electron chi connectivity index (χ0n) is 40.0. The van der Waals surface area contributed by atoms with E-state index in [-0.39, 0.29) is 5.41 Å². The lowest BCUT2D eigenvalue weighted by molar-refractivity contribution is 0.660. The summed E-state index contributed by atoms with van der Waals surface area (Å²) in [6, 6.07) is 101. The van der Waals surface area contributed by atoms with Gasteiger partial charge in [-0.25, -0.2) is 0 Å². The summed E-state index contributed by atoms with van der Waals surface area (Å²) in [5.41, 5.74) is 23.9. The average molecular weight is 909 g/mol. The Balaban J connectivity index is 0.810. The summed E-state index contributed by atoms with van der Waals surface area (Å²) < 4.78 is 0. The number of rotatable bonds is 11. The van der Waals surface area contributed by atoms with Crippen molar-refractivity contribution in [3.05, 3.63) is 290 Å². The predicted octanol–water partition coefficient (Wildman–Crippen LogP) is 19.3. The minimum absolute atomic E-state index is 0.213. The van der Waals surface area contributed by atoms with Crippen LogP contribution in [0.2, 0.25) is 0 Å². The number of anilines is 6. The molecule has 0 saturated carbocycles. The molecule has 0 unspecified atom stereocenters. The molecule has 0 atom stereocenters. The molecule has 0 fully saturated rings. The fraction of sp³-hybridized carbons (Fsp3) is 0.0435. The molecule has 12 rings (SSSR count). The Kier molecular flexibility index (Phi) is 11.3. The molecule has 0 saturated heterocycles. The number of fused-ring (bicyclic) bond motifs is 3. The Labute approximate surface area is 418 Å². The van der Waals surface area contributed by atoms with Gasteiger partial charge >= 0.3 is 0 Å². The van der Waals surface area contributed by atoms with Crippen LogP contribution in [0.25, 0.3) is 66.8 Å². The van der Waals surface area contributed by atoms with Crippen LogP contribution in [-0.4, -0.2) is 0 Å². The lowest BCUT2D eigenvalue weighted by Gasteiger charge is -2.28. The van der Waals surface area contributed by atoms with E-state index in [2.05, 4.69) is 303 Å². The molecule has 0 bridgehead atoms. The summed E-state index contributed by atoms with van der Waals surface area (Å²) in [6.07, 6.45) is 0. The molecule has 11 aromatic carbocycles. The number of para-hydroxylation sites is 2. The van der Waals surface area contributed by atoms with Crippen molar-refractivity contribution < 1.29 is 0 Å². The zero-order chi connectivity index (χ0) is 47.7. The molecule has 0 aromatic heterocycles. The van der Waals surface area contributed by atoms with Crippen LogP contribution in [0.4, 0.5) is 34.1 Å². The number of hydrogen-bond acceptors (Lipinski definition) is 2. The lowest BCUT2D eigenvalue weighted by atomic mass is 9.81. The maximum atomic E-state index is 2.42. The van der Waals surface area contributed by atoms with Crippen LogP contribution < -0.4 is 9.80 Å². The third-order valence-electron chi connectivity index (χ3n) is 14.3. The quantitative estimate of drug-likeness (QED) is 0.128. The van der Waals surface area contributed by atoms with Gasteiger partial charge in [-0.15, -0.1) is 0 Å². The molecule has 0 aliphatic heterocycles. The molecular weight excluding hydrogens is 857 g/mol. The molecule has 1 aliphatic rings. The highest BCUT2D eigenvalue weighted by Crippen LogP contribution is 2.52. The Bertz CT molecular complexity index is 3590. The number of benzene rings is 11. The van der Waals surface area contributed by atoms with E-state index >= 15 is 0 Å². The third kappa shape index (κ3) is 8.41. The maximum Gasteiger partial charge on any atom is 0.0465 e. The van der Waals surface area contributed by atoms with Crippen LogP contribution in [0.5, 0.6) is 0 Å². The van der Waals surface area contributed by atoms with Crippen LogP contribution >= 0.6 is 0 Å². The lowest BCUT2D eigenvalue weighted by Crippen LogP contribution is -2.16. The van der Waals surface area contributed by atoms with Crippen LogP contribution in [0.1, 0.15) is 25.0 Å². The largest absolute Gasteiger partial charge is 0.311 e. The fourth-order valence-electron chi connectivity index (χ4n) is 10.5. The topological polar surface area (TPSA) is 6.48 Å². The predicted molar refractivity (Wildman–Crippen MR) is 301 cm³/mol. The number of nitrogens with zero attached hydrogens (tertiary/aromatic N) is 2. The van der Waals surface area contributed by atoms with Crippen molar-refractivity contribution >= 4 is 34.1 Å². The van der Waals surface area contributed by atoms with Crippen molar-refractivity contribution in [1.29, 1.82) is 0 Å². The molecule has 0 radical (unpaired) electrons. The smallest absolute Gasteiger partial charge is 0.0465 e. The molecule has 71 heavy (non-hydrogen) atoms. The molecule has 1 aliphatic carbocycles. The first-order valence-electron chi connectivity index (χ1n) is 24.6. The van der Waals surface area contributed by atoms with Gasteiger partial charge in [0.2, 0.25) is 0 Å². The van der Waals surface area contributed by atoms with Gasteiger partial charge in [-0.3, -0.25) is 0 Å². The fourth-order valence-corrected chi connectivity index (χ4v) is 10.5. The Morgan fingerprint density at radius 3 is 0.831 bits per heavy atom. The molecule has 11 aromatic rings. The third-order valence-corrected chi connectivity index (χ3v) is 14.3. The van der Waals surface area contributed by atoms with Gasteiger partial charge in [0.05, 0.1) is 0 Å². The number of hydrogen-bond donors (Lipinski definition) is 0. The van der Waals surface area contributed by atoms with Crippen molar-refractivity contribution in [3.63, 3.8) is 0 Å². The summed E-state index contributed by atoms with van der Waals surface area (Å²) in [7, 11) is 0. The Morgan fingerprint density at radius 1 is 0.211 bits per heavy atom. The SMILES string of the molecule is CC1(C)c2cc(-c3ccc(N(c4ccccc4)c4ccc(-c5ccc(-c6ccccc6)cc5)cc4)cc3)ccc2-c2ccc(N(c3ccccc3)c3ccc(-c4ccc(-c5ccccc5)cc4)cc3)cc21. The van der Waals surface area contributed by atoms with E-state index in [9.17, 15) is 0 Å². The van der Waals surface area contributed by atoms with Crippen LogP contribution in [-0.2, 0) is 5.41 Å². The highest BCUT2D eigenvalue weighted by Gasteiger charge is 2.36. The van der Waals surface area contributed by atoms with E-state index < -0.39 is 0 Å². The molecule has 0 N–H and O–H groups in total. The molecular formula is C69H52N2. The summed E-state index contributed by atoms with van der Waals surface area (Å²) in [4.78, 5) is 4.72. The van der Waals surface area contributed by atoms with Gasteiger partial charge in [0.15, 0.2) is 0 Å². The standard InChI is InChI=1S/C69H52N2/c1-69(2)67-47-58(57-35-42-62(43-36-57)70(59-19-11-5-12-20-59)61-38-31-55(32-39-61)53-27-23-51(24-28-53)49-15-7-3-8-16-49)37-45-65(67)66-46-44-64(48-68(66)69)71(60-21-13-6-14-22-60)63-40-33-56(34-41-63)54-29-25-52(26-30-54)50-17-9-4-10-18-50/h3-48H,1-2H3. The normalized spacial score (nSPS) is 12.2.